The number of H-pyrrole nitrogens is 1. The first-order chi connectivity index (χ1) is 16.4. The summed E-state index contributed by atoms with van der Waals surface area (Å²) in [5, 5.41) is 12.8. The fourth-order valence-corrected chi connectivity index (χ4v) is 4.47. The zero-order chi connectivity index (χ0) is 24.2. The van der Waals surface area contributed by atoms with E-state index in [2.05, 4.69) is 41.3 Å². The van der Waals surface area contributed by atoms with Crippen molar-refractivity contribution in [2.75, 3.05) is 23.9 Å². The molecule has 0 saturated carbocycles. The summed E-state index contributed by atoms with van der Waals surface area (Å²) < 4.78 is 5.31. The number of amides is 1. The fraction of sp³-hybridized carbons (Fsp3) is 0.320. The van der Waals surface area contributed by atoms with Gasteiger partial charge in [0, 0.05) is 30.3 Å². The molecule has 0 radical (unpaired) electrons. The molecule has 3 heterocycles. The molecule has 1 aliphatic heterocycles. The summed E-state index contributed by atoms with van der Waals surface area (Å²) in [6.45, 7) is 5.44. The minimum atomic E-state index is -1.22. The largest absolute Gasteiger partial charge is 0.495 e. The summed E-state index contributed by atoms with van der Waals surface area (Å²) >= 11 is 5.45. The lowest BCUT2D eigenvalue weighted by Crippen LogP contribution is -2.39. The number of benzene rings is 1. The van der Waals surface area contributed by atoms with Gasteiger partial charge in [-0.25, -0.2) is 14.7 Å². The quantitative estimate of drug-likeness (QED) is 0.399. The van der Waals surface area contributed by atoms with Crippen LogP contribution in [0.2, 0.25) is 0 Å². The van der Waals surface area contributed by atoms with Gasteiger partial charge in [-0.05, 0) is 62.4 Å². The number of aromatic amines is 1. The number of thiocarbonyl (C=S) groups is 1. The summed E-state index contributed by atoms with van der Waals surface area (Å²) in [7, 11) is 1.49. The Kier molecular flexibility index (Phi) is 7.02. The number of carboxylic acid groups (broad SMARTS) is 1. The Morgan fingerprint density at radius 2 is 2.18 bits per heavy atom. The molecule has 178 valence electrons. The second kappa shape index (κ2) is 10.1. The number of hydrogen-bond acceptors (Lipinski definition) is 5. The number of fused-ring (bicyclic) bond motifs is 1. The molecule has 2 unspecified atom stereocenters. The zero-order valence-electron chi connectivity index (χ0n) is 19.5. The van der Waals surface area contributed by atoms with E-state index in [0.29, 0.717) is 23.3 Å². The summed E-state index contributed by atoms with van der Waals surface area (Å²) in [6.07, 6.45) is 7.33. The molecule has 1 aromatic carbocycles. The maximum atomic E-state index is 12.0. The number of allylic oxidation sites excluding steroid dienone is 1. The molecule has 3 N–H and O–H groups in total. The number of rotatable bonds is 6. The monoisotopic (exact) mass is 479 g/mol. The third kappa shape index (κ3) is 4.70. The molecular formula is C25H29N5O3S. The van der Waals surface area contributed by atoms with Gasteiger partial charge in [-0.2, -0.15) is 0 Å². The van der Waals surface area contributed by atoms with Gasteiger partial charge < -0.3 is 25.0 Å². The van der Waals surface area contributed by atoms with Crippen LogP contribution in [0.4, 0.5) is 16.3 Å². The number of hydrogen-bond donors (Lipinski definition) is 3. The van der Waals surface area contributed by atoms with Gasteiger partial charge in [0.05, 0.1) is 23.8 Å². The van der Waals surface area contributed by atoms with Crippen molar-refractivity contribution in [2.45, 2.75) is 38.6 Å². The van der Waals surface area contributed by atoms with E-state index in [1.165, 1.54) is 7.11 Å². The molecule has 2 atom stereocenters. The van der Waals surface area contributed by atoms with Crippen molar-refractivity contribution >= 4 is 46.0 Å². The van der Waals surface area contributed by atoms with Gasteiger partial charge in [0.15, 0.2) is 5.11 Å². The number of ether oxygens (including phenoxy) is 1. The smallest absolute Gasteiger partial charge is 0.418 e. The van der Waals surface area contributed by atoms with E-state index in [1.54, 1.807) is 30.3 Å². The summed E-state index contributed by atoms with van der Waals surface area (Å²) in [5.74, 6) is 1.13. The van der Waals surface area contributed by atoms with Crippen LogP contribution >= 0.6 is 12.2 Å². The highest BCUT2D eigenvalue weighted by Gasteiger charge is 2.24. The zero-order valence-corrected chi connectivity index (χ0v) is 20.3. The van der Waals surface area contributed by atoms with E-state index < -0.39 is 6.09 Å². The fourth-order valence-electron chi connectivity index (χ4n) is 4.19. The standard InChI is InChI=1S/C25H29N5O3S/c1-4-16(2)29-13-11-17(12-14-29)18-15-26-19-9-10-22(27-23(18)19)28-24(34)30(25(31)32)20-7-5-6-8-21(20)33-3/h5-11,13,15-17,26H,4,12,14H2,1-3H3,(H,31,32)(H,27,28,34). The lowest BCUT2D eigenvalue weighted by molar-refractivity contribution is 0.205. The number of pyridine rings is 1. The van der Waals surface area contributed by atoms with E-state index in [9.17, 15) is 9.90 Å². The van der Waals surface area contributed by atoms with Crippen LogP contribution in [0.3, 0.4) is 0 Å². The van der Waals surface area contributed by atoms with E-state index >= 15 is 0 Å². The van der Waals surface area contributed by atoms with Crippen LogP contribution in [-0.4, -0.2) is 50.9 Å². The molecule has 0 spiro atoms. The van der Waals surface area contributed by atoms with Gasteiger partial charge >= 0.3 is 6.09 Å². The lowest BCUT2D eigenvalue weighted by atomic mass is 9.94. The molecule has 8 nitrogen and oxygen atoms in total. The predicted molar refractivity (Wildman–Crippen MR) is 139 cm³/mol. The molecule has 9 heteroatoms. The molecule has 0 aliphatic carbocycles. The van der Waals surface area contributed by atoms with E-state index in [1.807, 2.05) is 12.3 Å². The van der Waals surface area contributed by atoms with Crippen LogP contribution in [-0.2, 0) is 0 Å². The van der Waals surface area contributed by atoms with Crippen molar-refractivity contribution in [3.05, 3.63) is 60.4 Å². The summed E-state index contributed by atoms with van der Waals surface area (Å²) in [4.78, 5) is 23.5. The number of nitrogens with one attached hydrogen (secondary N) is 2. The van der Waals surface area contributed by atoms with Gasteiger partial charge in [-0.3, -0.25) is 0 Å². The highest BCUT2D eigenvalue weighted by atomic mass is 32.1. The third-order valence-electron chi connectivity index (χ3n) is 6.27. The minimum absolute atomic E-state index is 0.0114. The lowest BCUT2D eigenvalue weighted by Gasteiger charge is -2.32. The van der Waals surface area contributed by atoms with Gasteiger partial charge in [0.25, 0.3) is 0 Å². The van der Waals surface area contributed by atoms with Gasteiger partial charge in [0.1, 0.15) is 11.6 Å². The normalized spacial score (nSPS) is 16.3. The van der Waals surface area contributed by atoms with Crippen molar-refractivity contribution in [3.8, 4) is 5.75 Å². The van der Waals surface area contributed by atoms with Crippen molar-refractivity contribution in [1.29, 1.82) is 0 Å². The number of para-hydroxylation sites is 2. The Hall–Kier alpha value is -3.59. The van der Waals surface area contributed by atoms with Crippen LogP contribution < -0.4 is 15.0 Å². The maximum absolute atomic E-state index is 12.0. The van der Waals surface area contributed by atoms with Crippen LogP contribution in [0, 0.1) is 0 Å². The molecular weight excluding hydrogens is 450 g/mol. The molecule has 1 amide bonds. The van der Waals surface area contributed by atoms with Gasteiger partial charge in [-0.15, -0.1) is 0 Å². The van der Waals surface area contributed by atoms with E-state index in [-0.39, 0.29) is 11.0 Å². The first-order valence-corrected chi connectivity index (χ1v) is 11.7. The van der Waals surface area contributed by atoms with Crippen LogP contribution in [0.15, 0.2) is 54.9 Å². The Labute approximate surface area is 204 Å². The average molecular weight is 480 g/mol. The van der Waals surface area contributed by atoms with Gasteiger partial charge in [0.2, 0.25) is 0 Å². The average Bonchev–Trinajstić information content (AvgIpc) is 3.27. The second-order valence-electron chi connectivity index (χ2n) is 8.29. The number of methoxy groups -OCH3 is 1. The first-order valence-electron chi connectivity index (χ1n) is 11.3. The Bertz CT molecular complexity index is 1220. The Morgan fingerprint density at radius 1 is 1.38 bits per heavy atom. The number of nitrogens with zero attached hydrogens (tertiary/aromatic N) is 3. The van der Waals surface area contributed by atoms with E-state index in [4.69, 9.17) is 21.9 Å². The molecule has 0 fully saturated rings. The Morgan fingerprint density at radius 3 is 2.85 bits per heavy atom. The number of aromatic nitrogens is 2. The third-order valence-corrected chi connectivity index (χ3v) is 6.56. The highest BCUT2D eigenvalue weighted by molar-refractivity contribution is 7.80. The molecule has 3 aromatic rings. The second-order valence-corrected chi connectivity index (χ2v) is 8.68. The van der Waals surface area contributed by atoms with Crippen molar-refractivity contribution in [1.82, 2.24) is 14.9 Å². The van der Waals surface area contributed by atoms with Crippen molar-refractivity contribution in [2.24, 2.45) is 0 Å². The molecule has 0 bridgehead atoms. The highest BCUT2D eigenvalue weighted by Crippen LogP contribution is 2.32. The Balaban J connectivity index is 1.58. The molecule has 4 rings (SSSR count). The van der Waals surface area contributed by atoms with Crippen LogP contribution in [0.25, 0.3) is 11.0 Å². The predicted octanol–water partition coefficient (Wildman–Crippen LogP) is 5.55. The van der Waals surface area contributed by atoms with Crippen molar-refractivity contribution < 1.29 is 14.6 Å². The number of carbonyl (C=O) groups is 1. The molecule has 0 saturated heterocycles. The SMILES string of the molecule is CCC(C)N1C=CC(c2c[nH]c3ccc(NC(=S)N(C(=O)O)c4ccccc4OC)nc23)CC1. The maximum Gasteiger partial charge on any atom is 0.418 e. The van der Waals surface area contributed by atoms with Gasteiger partial charge in [-0.1, -0.05) is 25.1 Å². The molecule has 34 heavy (non-hydrogen) atoms. The minimum Gasteiger partial charge on any atom is -0.495 e. The summed E-state index contributed by atoms with van der Waals surface area (Å²) in [6, 6.07) is 11.0. The molecule has 1 aliphatic rings. The van der Waals surface area contributed by atoms with E-state index in [0.717, 1.165) is 40.9 Å². The molecule has 2 aromatic heterocycles. The van der Waals surface area contributed by atoms with Crippen molar-refractivity contribution in [3.63, 3.8) is 0 Å². The summed E-state index contributed by atoms with van der Waals surface area (Å²) in [5.41, 5.74) is 3.21. The first kappa shape index (κ1) is 23.6. The van der Waals surface area contributed by atoms with Crippen LogP contribution in [0.1, 0.15) is 38.2 Å². The number of anilines is 2. The topological polar surface area (TPSA) is 93.7 Å². The van der Waals surface area contributed by atoms with Crippen LogP contribution in [0.5, 0.6) is 5.75 Å².